The number of benzene rings is 4. The van der Waals surface area contributed by atoms with Gasteiger partial charge in [-0.15, -0.1) is 0 Å². The zero-order valence-corrected chi connectivity index (χ0v) is 23.2. The molecule has 0 heterocycles. The van der Waals surface area contributed by atoms with Crippen molar-refractivity contribution in [1.29, 1.82) is 0 Å². The van der Waals surface area contributed by atoms with E-state index in [9.17, 15) is 14.7 Å². The molecule has 4 aromatic carbocycles. The molecule has 0 unspecified atom stereocenters. The molecule has 4 rings (SSSR count). The van der Waals surface area contributed by atoms with Crippen LogP contribution in [0.5, 0.6) is 5.75 Å². The quantitative estimate of drug-likeness (QED) is 0.124. The van der Waals surface area contributed by atoms with Gasteiger partial charge in [0.1, 0.15) is 0 Å². The molecular formula is C31H30BrO4P. The molecule has 0 aliphatic rings. The molecule has 0 spiro atoms. The van der Waals surface area contributed by atoms with Crippen molar-refractivity contribution < 1.29 is 19.4 Å². The van der Waals surface area contributed by atoms with Gasteiger partial charge >= 0.3 is 226 Å². The van der Waals surface area contributed by atoms with Gasteiger partial charge in [-0.2, -0.15) is 0 Å². The fraction of sp³-hybridized carbons (Fsp3) is 0.161. The Morgan fingerprint density at radius 2 is 1.16 bits per heavy atom. The van der Waals surface area contributed by atoms with Gasteiger partial charge in [-0.1, -0.05) is 0 Å². The first-order valence-electron chi connectivity index (χ1n) is 12.3. The van der Waals surface area contributed by atoms with Crippen LogP contribution in [0, 0.1) is 0 Å². The number of hydrogen-bond donors (Lipinski definition) is 1. The number of rotatable bonds is 11. The van der Waals surface area contributed by atoms with Gasteiger partial charge in [-0.3, -0.25) is 0 Å². The summed E-state index contributed by atoms with van der Waals surface area (Å²) in [7, 11) is 0. The Balaban J connectivity index is 1.66. The van der Waals surface area contributed by atoms with E-state index in [2.05, 4.69) is 88.3 Å². The molecule has 0 amide bonds. The second kappa shape index (κ2) is 11.4. The molecule has 0 fully saturated rings. The molecule has 37 heavy (non-hydrogen) atoms. The van der Waals surface area contributed by atoms with Crippen molar-refractivity contribution >= 4 is 48.5 Å². The molecule has 0 atom stereocenters. The number of aromatic carboxylic acids is 1. The topological polar surface area (TPSA) is 63.6 Å². The molecule has 4 nitrogen and oxygen atoms in total. The van der Waals surface area contributed by atoms with E-state index in [-0.39, 0.29) is 22.7 Å². The number of para-hydroxylation sites is 1. The SMILES string of the molecule is CC(=O)c1cccc(C(=O)O)c1OCCCCP(Br)(c1ccccc1)(c1ccccc1)c1ccccc1. The first kappa shape index (κ1) is 26.8. The maximum atomic E-state index is 12.1. The second-order valence-corrected chi connectivity index (χ2v) is 18.1. The van der Waals surface area contributed by atoms with Crippen molar-refractivity contribution in [2.75, 3.05) is 12.8 Å². The Morgan fingerprint density at radius 1 is 0.703 bits per heavy atom. The molecule has 0 bridgehead atoms. The Morgan fingerprint density at radius 3 is 1.59 bits per heavy atom. The zero-order valence-electron chi connectivity index (χ0n) is 20.7. The molecule has 0 aliphatic heterocycles. The normalized spacial score (nSPS) is 12.3. The predicted molar refractivity (Wildman–Crippen MR) is 157 cm³/mol. The van der Waals surface area contributed by atoms with Crippen molar-refractivity contribution in [3.8, 4) is 5.75 Å². The van der Waals surface area contributed by atoms with Gasteiger partial charge in [0.05, 0.1) is 0 Å². The minimum absolute atomic E-state index is 0.00526. The first-order valence-corrected chi connectivity index (χ1v) is 16.7. The molecule has 0 aromatic heterocycles. The van der Waals surface area contributed by atoms with Crippen molar-refractivity contribution in [1.82, 2.24) is 0 Å². The number of ketones is 1. The van der Waals surface area contributed by atoms with E-state index in [0.29, 0.717) is 13.0 Å². The van der Waals surface area contributed by atoms with Crippen LogP contribution in [-0.4, -0.2) is 29.6 Å². The number of carboxylic acid groups (broad SMARTS) is 1. The van der Waals surface area contributed by atoms with Gasteiger partial charge < -0.3 is 0 Å². The Hall–Kier alpha value is -3.27. The van der Waals surface area contributed by atoms with Gasteiger partial charge in [0.15, 0.2) is 0 Å². The summed E-state index contributed by atoms with van der Waals surface area (Å²) in [5.41, 5.74) is 0.295. The monoisotopic (exact) mass is 576 g/mol. The maximum absolute atomic E-state index is 12.1. The number of Topliss-reactive ketones (excluding diaryl/α,β-unsaturated/α-hetero) is 1. The van der Waals surface area contributed by atoms with E-state index < -0.39 is 11.3 Å². The van der Waals surface area contributed by atoms with E-state index in [0.717, 1.165) is 12.6 Å². The van der Waals surface area contributed by atoms with E-state index in [1.807, 2.05) is 18.2 Å². The van der Waals surface area contributed by atoms with Crippen LogP contribution in [0.15, 0.2) is 109 Å². The summed E-state index contributed by atoms with van der Waals surface area (Å²) in [5, 5.41) is 10.3. The van der Waals surface area contributed by atoms with Crippen LogP contribution in [0.3, 0.4) is 0 Å². The number of unbranched alkanes of at least 4 members (excludes halogenated alkanes) is 1. The summed E-state index contributed by atoms with van der Waals surface area (Å²) in [4.78, 5) is 23.8. The van der Waals surface area contributed by atoms with Gasteiger partial charge in [-0.05, 0) is 0 Å². The third-order valence-corrected chi connectivity index (χ3v) is 16.8. The predicted octanol–water partition coefficient (Wildman–Crippen LogP) is 6.59. The summed E-state index contributed by atoms with van der Waals surface area (Å²) < 4.78 is 5.95. The van der Waals surface area contributed by atoms with Crippen LogP contribution < -0.4 is 20.7 Å². The van der Waals surface area contributed by atoms with E-state index >= 15 is 0 Å². The van der Waals surface area contributed by atoms with Crippen LogP contribution in [0.25, 0.3) is 0 Å². The number of halogens is 1. The van der Waals surface area contributed by atoms with Gasteiger partial charge in [0, 0.05) is 0 Å². The Labute approximate surface area is 226 Å². The molecule has 0 aliphatic carbocycles. The fourth-order valence-corrected chi connectivity index (χ4v) is 12.6. The van der Waals surface area contributed by atoms with Crippen LogP contribution in [0.1, 0.15) is 40.5 Å². The van der Waals surface area contributed by atoms with Crippen LogP contribution in [0.2, 0.25) is 0 Å². The number of carboxylic acids is 1. The van der Waals surface area contributed by atoms with E-state index in [4.69, 9.17) is 4.74 Å². The van der Waals surface area contributed by atoms with Crippen LogP contribution in [0.4, 0.5) is 0 Å². The number of ether oxygens (including phenoxy) is 1. The van der Waals surface area contributed by atoms with Crippen LogP contribution >= 0.6 is 20.8 Å². The first-order chi connectivity index (χ1) is 17.9. The molecular weight excluding hydrogens is 547 g/mol. The van der Waals surface area contributed by atoms with Crippen molar-refractivity contribution in [3.05, 3.63) is 120 Å². The third-order valence-electron chi connectivity index (χ3n) is 6.73. The van der Waals surface area contributed by atoms with Gasteiger partial charge in [-0.25, -0.2) is 0 Å². The van der Waals surface area contributed by atoms with Crippen LogP contribution in [-0.2, 0) is 0 Å². The summed E-state index contributed by atoms with van der Waals surface area (Å²) in [5.74, 6) is -1.19. The number of carbonyl (C=O) groups is 2. The molecule has 6 heteroatoms. The second-order valence-electron chi connectivity index (χ2n) is 9.01. The molecule has 190 valence electrons. The third kappa shape index (κ3) is 5.25. The van der Waals surface area contributed by atoms with E-state index in [1.165, 1.54) is 28.9 Å². The van der Waals surface area contributed by atoms with Crippen molar-refractivity contribution in [2.24, 2.45) is 0 Å². The minimum atomic E-state index is -3.02. The average molecular weight is 577 g/mol. The number of hydrogen-bond acceptors (Lipinski definition) is 3. The number of carbonyl (C=O) groups excluding carboxylic acids is 1. The standard InChI is InChI=1S/C31H30BrO4P/c1-24(33)28-20-13-21-29(31(34)35)30(28)36-22-11-12-23-37(32,25-14-5-2-6-15-25,26-16-7-3-8-17-26)27-18-9-4-10-19-27/h2-10,13-21H,11-12,22-23H2,1H3,(H,34,35). The summed E-state index contributed by atoms with van der Waals surface area (Å²) in [6.45, 7) is 1.73. The van der Waals surface area contributed by atoms with Crippen molar-refractivity contribution in [3.63, 3.8) is 0 Å². The van der Waals surface area contributed by atoms with Crippen molar-refractivity contribution in [2.45, 2.75) is 19.8 Å². The molecule has 1 N–H and O–H groups in total. The van der Waals surface area contributed by atoms with E-state index in [1.54, 1.807) is 12.1 Å². The zero-order chi connectivity index (χ0) is 26.3. The summed E-state index contributed by atoms with van der Waals surface area (Å²) in [6.07, 6.45) is 2.38. The summed E-state index contributed by atoms with van der Waals surface area (Å²) >= 11 is 4.44. The Bertz CT molecular complexity index is 1240. The molecule has 0 saturated heterocycles. The van der Waals surface area contributed by atoms with Gasteiger partial charge in [0.25, 0.3) is 0 Å². The molecule has 0 saturated carbocycles. The Kier molecular flexibility index (Phi) is 8.26. The fourth-order valence-electron chi connectivity index (χ4n) is 4.87. The van der Waals surface area contributed by atoms with Gasteiger partial charge in [0.2, 0.25) is 0 Å². The summed E-state index contributed by atoms with van der Waals surface area (Å²) in [6, 6.07) is 36.4. The average Bonchev–Trinajstić information content (AvgIpc) is 2.94. The molecule has 0 radical (unpaired) electrons. The molecule has 4 aromatic rings.